The molecule has 0 radical (unpaired) electrons. The molecule has 1 aromatic carbocycles. The van der Waals surface area contributed by atoms with Crippen molar-refractivity contribution in [1.82, 2.24) is 9.80 Å². The first-order valence-electron chi connectivity index (χ1n) is 20.1. The summed E-state index contributed by atoms with van der Waals surface area (Å²) in [5.74, 6) is 4.58. The number of benzene rings is 1. The van der Waals surface area contributed by atoms with Gasteiger partial charge in [-0.15, -0.1) is 0 Å². The Balaban J connectivity index is 1.01. The first-order valence-corrected chi connectivity index (χ1v) is 20.1. The molecule has 1 saturated carbocycles. The molecule has 6 unspecified atom stereocenters. The van der Waals surface area contributed by atoms with E-state index in [-0.39, 0.29) is 12.1 Å². The zero-order valence-electron chi connectivity index (χ0n) is 30.1. The first kappa shape index (κ1) is 30.9. The second kappa shape index (κ2) is 12.5. The fourth-order valence-corrected chi connectivity index (χ4v) is 11.3. The quantitative estimate of drug-likeness (QED) is 0.268. The molecule has 3 aromatic rings. The highest BCUT2D eigenvalue weighted by molar-refractivity contribution is 5.89. The van der Waals surface area contributed by atoms with Crippen molar-refractivity contribution >= 4 is 29.2 Å². The summed E-state index contributed by atoms with van der Waals surface area (Å²) in [6, 6.07) is 10.1. The normalized spacial score (nSPS) is 29.8. The van der Waals surface area contributed by atoms with E-state index < -0.39 is 0 Å². The van der Waals surface area contributed by atoms with Gasteiger partial charge in [0.2, 0.25) is 0 Å². The van der Waals surface area contributed by atoms with Crippen LogP contribution in [0.1, 0.15) is 104 Å². The highest BCUT2D eigenvalue weighted by atomic mass is 16.3. The van der Waals surface area contributed by atoms with Crippen LogP contribution in [0.15, 0.2) is 122 Å². The van der Waals surface area contributed by atoms with Crippen LogP contribution in [0.3, 0.4) is 0 Å². The Morgan fingerprint density at radius 3 is 2.65 bits per heavy atom. The molecule has 4 nitrogen and oxygen atoms in total. The van der Waals surface area contributed by atoms with Gasteiger partial charge in [0.1, 0.15) is 22.9 Å². The number of para-hydroxylation sites is 1. The Hall–Kier alpha value is -4.70. The van der Waals surface area contributed by atoms with Gasteiger partial charge in [-0.1, -0.05) is 84.5 Å². The number of aryl methyl sites for hydroxylation is 1. The largest absolute Gasteiger partial charge is 0.460 e. The Morgan fingerprint density at radius 2 is 1.73 bits per heavy atom. The van der Waals surface area contributed by atoms with E-state index in [9.17, 15) is 0 Å². The molecule has 0 spiro atoms. The Bertz CT molecular complexity index is 2220. The van der Waals surface area contributed by atoms with Crippen molar-refractivity contribution < 1.29 is 8.83 Å². The molecule has 1 aliphatic heterocycles. The topological polar surface area (TPSA) is 32.8 Å². The number of fused-ring (bicyclic) bond motifs is 8. The predicted molar refractivity (Wildman–Crippen MR) is 211 cm³/mol. The summed E-state index contributed by atoms with van der Waals surface area (Å²) in [7, 11) is 0. The number of hydrogen-bond donors (Lipinski definition) is 0. The van der Waals surface area contributed by atoms with Crippen LogP contribution in [-0.4, -0.2) is 27.9 Å². The molecule has 6 atom stereocenters. The molecular formula is C48H48N2O2. The third kappa shape index (κ3) is 4.93. The van der Waals surface area contributed by atoms with E-state index >= 15 is 0 Å². The van der Waals surface area contributed by atoms with Crippen molar-refractivity contribution in [3.05, 3.63) is 148 Å². The van der Waals surface area contributed by atoms with Gasteiger partial charge >= 0.3 is 0 Å². The number of rotatable bonds is 5. The zero-order valence-corrected chi connectivity index (χ0v) is 30.1. The van der Waals surface area contributed by atoms with E-state index in [0.29, 0.717) is 23.9 Å². The van der Waals surface area contributed by atoms with Crippen molar-refractivity contribution in [3.63, 3.8) is 0 Å². The molecule has 0 bridgehead atoms. The molecule has 11 rings (SSSR count). The molecule has 262 valence electrons. The van der Waals surface area contributed by atoms with Crippen molar-refractivity contribution in [2.45, 2.75) is 101 Å². The van der Waals surface area contributed by atoms with Crippen molar-refractivity contribution in [2.24, 2.45) is 11.8 Å². The van der Waals surface area contributed by atoms with Crippen molar-refractivity contribution in [3.8, 4) is 0 Å². The van der Waals surface area contributed by atoms with Crippen LogP contribution in [0.5, 0.6) is 0 Å². The molecule has 7 aliphatic carbocycles. The molecule has 52 heavy (non-hydrogen) atoms. The van der Waals surface area contributed by atoms with Gasteiger partial charge in [0.25, 0.3) is 0 Å². The van der Waals surface area contributed by atoms with Crippen LogP contribution in [0.2, 0.25) is 0 Å². The fourth-order valence-electron chi connectivity index (χ4n) is 11.3. The van der Waals surface area contributed by atoms with Crippen LogP contribution in [0, 0.1) is 11.8 Å². The lowest BCUT2D eigenvalue weighted by atomic mass is 9.70. The van der Waals surface area contributed by atoms with Crippen LogP contribution >= 0.6 is 0 Å². The van der Waals surface area contributed by atoms with Crippen LogP contribution in [-0.2, 0) is 12.8 Å². The summed E-state index contributed by atoms with van der Waals surface area (Å²) in [5, 5.41) is 1.23. The first-order chi connectivity index (χ1) is 25.8. The lowest BCUT2D eigenvalue weighted by molar-refractivity contribution is 0.145. The summed E-state index contributed by atoms with van der Waals surface area (Å²) in [5.41, 5.74) is 11.5. The number of allylic oxidation sites excluding steroid dienone is 9. The summed E-state index contributed by atoms with van der Waals surface area (Å²) in [6.45, 7) is 0. The molecule has 8 aliphatic rings. The lowest BCUT2D eigenvalue weighted by Crippen LogP contribution is -2.43. The Kier molecular flexibility index (Phi) is 7.40. The third-order valence-corrected chi connectivity index (χ3v) is 13.6. The van der Waals surface area contributed by atoms with Crippen molar-refractivity contribution in [1.29, 1.82) is 0 Å². The Morgan fingerprint density at radius 1 is 0.788 bits per heavy atom. The molecule has 4 heteroatoms. The molecule has 0 saturated heterocycles. The van der Waals surface area contributed by atoms with E-state index in [0.717, 1.165) is 67.8 Å². The maximum Gasteiger partial charge on any atom is 0.134 e. The highest BCUT2D eigenvalue weighted by Crippen LogP contribution is 2.53. The smallest absolute Gasteiger partial charge is 0.134 e. The maximum absolute atomic E-state index is 6.59. The minimum atomic E-state index is 0.236. The van der Waals surface area contributed by atoms with Crippen molar-refractivity contribution in [2.75, 3.05) is 0 Å². The summed E-state index contributed by atoms with van der Waals surface area (Å²) in [6.07, 6.45) is 46.8. The predicted octanol–water partition coefficient (Wildman–Crippen LogP) is 11.6. The standard InChI is InChI=1S/C48H48N2O2/c1-3-12-31(13-4-1)32-22-25-41-38(28-32)39-29-34(23-26-42(39)50(41)33-14-5-2-6-15-33)49(35-24-27-46-40(30-35)36-16-7-9-19-44(36)51-46)43-18-11-21-47-48(43)37-17-8-10-20-45(37)52-47/h1-3,5-7,9-12,14,16,19-21,23,26,30,32-34,38,41,43H,4,8,13,15,17-18,22,24-25,27-29H2. The summed E-state index contributed by atoms with van der Waals surface area (Å²) >= 11 is 0. The van der Waals surface area contributed by atoms with Gasteiger partial charge < -0.3 is 18.6 Å². The van der Waals surface area contributed by atoms with Gasteiger partial charge in [-0.05, 0) is 112 Å². The van der Waals surface area contributed by atoms with Gasteiger partial charge in [0.05, 0.1) is 18.1 Å². The van der Waals surface area contributed by atoms with E-state index in [4.69, 9.17) is 8.83 Å². The number of hydrogen-bond acceptors (Lipinski definition) is 4. The van der Waals surface area contributed by atoms with E-state index in [1.165, 1.54) is 65.6 Å². The zero-order chi connectivity index (χ0) is 34.2. The van der Waals surface area contributed by atoms with E-state index in [1.807, 2.05) is 0 Å². The number of furan rings is 2. The van der Waals surface area contributed by atoms with Gasteiger partial charge in [-0.2, -0.15) is 0 Å². The van der Waals surface area contributed by atoms with Crippen LogP contribution in [0.4, 0.5) is 0 Å². The van der Waals surface area contributed by atoms with Gasteiger partial charge in [-0.25, -0.2) is 0 Å². The molecule has 0 amide bonds. The number of nitrogens with zero attached hydrogens (tertiary/aromatic N) is 2. The lowest BCUT2D eigenvalue weighted by Gasteiger charge is -2.44. The summed E-state index contributed by atoms with van der Waals surface area (Å²) < 4.78 is 13.0. The molecular weight excluding hydrogens is 637 g/mol. The monoisotopic (exact) mass is 684 g/mol. The van der Waals surface area contributed by atoms with Crippen LogP contribution in [0.25, 0.3) is 29.2 Å². The molecule has 1 fully saturated rings. The highest BCUT2D eigenvalue weighted by Gasteiger charge is 2.48. The maximum atomic E-state index is 6.59. The second-order valence-corrected chi connectivity index (χ2v) is 16.3. The minimum Gasteiger partial charge on any atom is -0.460 e. The van der Waals surface area contributed by atoms with E-state index in [2.05, 4.69) is 119 Å². The summed E-state index contributed by atoms with van der Waals surface area (Å²) in [4.78, 5) is 5.73. The van der Waals surface area contributed by atoms with Gasteiger partial charge in [0, 0.05) is 51.9 Å². The van der Waals surface area contributed by atoms with Gasteiger partial charge in [-0.3, -0.25) is 0 Å². The SMILES string of the molecule is C1=CCCC(C2CCC3C(C2)C2=C(C=CC(N(C4=Cc5c(oc6ccccc56)CC4)C4CC=Cc5oc6c(c54)CCC=C6)C2)N3C2C=CC=CC2)=C1. The molecule has 2 aromatic heterocycles. The van der Waals surface area contributed by atoms with Gasteiger partial charge in [0.15, 0.2) is 0 Å². The fraction of sp³-hybridized carbons (Fsp3) is 0.375. The van der Waals surface area contributed by atoms with E-state index in [1.54, 1.807) is 11.1 Å². The molecule has 0 N–H and O–H groups in total. The average molecular weight is 685 g/mol. The van der Waals surface area contributed by atoms with Crippen LogP contribution < -0.4 is 0 Å². The molecule has 3 heterocycles. The minimum absolute atomic E-state index is 0.236. The Labute approximate surface area is 307 Å². The average Bonchev–Trinajstić information content (AvgIpc) is 3.88. The third-order valence-electron chi connectivity index (χ3n) is 13.6. The second-order valence-electron chi connectivity index (χ2n) is 16.3.